The molecule has 0 atom stereocenters. The molecule has 96 valence electrons. The topological polar surface area (TPSA) is 51.7 Å². The molecule has 2 rings (SSSR count). The number of tetrazole rings is 1. The van der Waals surface area contributed by atoms with E-state index in [2.05, 4.69) is 10.3 Å². The van der Waals surface area contributed by atoms with Crippen molar-refractivity contribution in [3.63, 3.8) is 0 Å². The summed E-state index contributed by atoms with van der Waals surface area (Å²) in [6.45, 7) is 2.19. The first kappa shape index (κ1) is 14.5. The minimum Gasteiger partial charge on any atom is -1.00 e. The third kappa shape index (κ3) is 3.22. The van der Waals surface area contributed by atoms with Gasteiger partial charge in [0, 0.05) is 12.0 Å². The fourth-order valence-corrected chi connectivity index (χ4v) is 1.63. The SMILES string of the molecule is CCc1nn(CC(=O)c2ccccc2)n[n+]1C.[Br-]. The van der Waals surface area contributed by atoms with E-state index in [-0.39, 0.29) is 29.3 Å². The molecule has 5 nitrogen and oxygen atoms in total. The lowest BCUT2D eigenvalue weighted by molar-refractivity contribution is -0.739. The van der Waals surface area contributed by atoms with Gasteiger partial charge in [0.15, 0.2) is 6.54 Å². The minimum absolute atomic E-state index is 0. The number of aryl methyl sites for hydroxylation is 2. The van der Waals surface area contributed by atoms with E-state index in [0.29, 0.717) is 5.56 Å². The van der Waals surface area contributed by atoms with Gasteiger partial charge >= 0.3 is 0 Å². The highest BCUT2D eigenvalue weighted by Gasteiger charge is 2.17. The molecule has 0 aliphatic rings. The Kier molecular flexibility index (Phi) is 5.15. The van der Waals surface area contributed by atoms with Crippen molar-refractivity contribution in [3.8, 4) is 0 Å². The summed E-state index contributed by atoms with van der Waals surface area (Å²) in [7, 11) is 1.83. The van der Waals surface area contributed by atoms with Gasteiger partial charge in [-0.1, -0.05) is 37.3 Å². The number of nitrogens with zero attached hydrogens (tertiary/aromatic N) is 4. The lowest BCUT2D eigenvalue weighted by Gasteiger charge is -1.94. The smallest absolute Gasteiger partial charge is 0.297 e. The molecule has 0 saturated heterocycles. The Morgan fingerprint density at radius 2 is 2.00 bits per heavy atom. The molecule has 0 fully saturated rings. The quantitative estimate of drug-likeness (QED) is 0.465. The monoisotopic (exact) mass is 310 g/mol. The van der Waals surface area contributed by atoms with Gasteiger partial charge in [0.05, 0.1) is 17.4 Å². The molecule has 0 aliphatic carbocycles. The Labute approximate surface area is 116 Å². The van der Waals surface area contributed by atoms with Crippen LogP contribution in [0.4, 0.5) is 0 Å². The molecule has 0 saturated carbocycles. The molecular weight excluding hydrogens is 296 g/mol. The third-order valence-corrected chi connectivity index (χ3v) is 2.54. The van der Waals surface area contributed by atoms with Crippen molar-refractivity contribution in [1.82, 2.24) is 15.1 Å². The zero-order valence-electron chi connectivity index (χ0n) is 10.4. The molecule has 0 bridgehead atoms. The van der Waals surface area contributed by atoms with Gasteiger partial charge in [-0.05, 0) is 4.80 Å². The van der Waals surface area contributed by atoms with Crippen molar-refractivity contribution in [2.75, 3.05) is 0 Å². The lowest BCUT2D eigenvalue weighted by atomic mass is 10.1. The van der Waals surface area contributed by atoms with Crippen molar-refractivity contribution in [2.45, 2.75) is 19.9 Å². The highest BCUT2D eigenvalue weighted by atomic mass is 79.9. The lowest BCUT2D eigenvalue weighted by Crippen LogP contribution is -3.00. The second kappa shape index (κ2) is 6.39. The number of hydrogen-bond acceptors (Lipinski definition) is 3. The summed E-state index contributed by atoms with van der Waals surface area (Å²) in [6.07, 6.45) is 0.802. The van der Waals surface area contributed by atoms with Gasteiger partial charge in [0.25, 0.3) is 5.82 Å². The van der Waals surface area contributed by atoms with E-state index in [0.717, 1.165) is 12.2 Å². The summed E-state index contributed by atoms with van der Waals surface area (Å²) < 4.78 is 1.69. The summed E-state index contributed by atoms with van der Waals surface area (Å²) in [5.41, 5.74) is 0.686. The molecule has 0 aliphatic heterocycles. The van der Waals surface area contributed by atoms with Crippen LogP contribution in [0.15, 0.2) is 30.3 Å². The molecule has 1 aromatic heterocycles. The molecule has 1 aromatic carbocycles. The van der Waals surface area contributed by atoms with Crippen molar-refractivity contribution in [1.29, 1.82) is 0 Å². The molecule has 18 heavy (non-hydrogen) atoms. The molecule has 0 amide bonds. The summed E-state index contributed by atoms with van der Waals surface area (Å²) in [5, 5.41) is 8.39. The summed E-state index contributed by atoms with van der Waals surface area (Å²) in [4.78, 5) is 13.4. The predicted molar refractivity (Wildman–Crippen MR) is 61.3 cm³/mol. The Morgan fingerprint density at radius 3 is 2.56 bits per heavy atom. The van der Waals surface area contributed by atoms with Crippen LogP contribution in [0.1, 0.15) is 23.1 Å². The van der Waals surface area contributed by atoms with Crippen LogP contribution >= 0.6 is 0 Å². The Morgan fingerprint density at radius 1 is 1.33 bits per heavy atom. The zero-order chi connectivity index (χ0) is 12.3. The van der Waals surface area contributed by atoms with Crippen molar-refractivity contribution in [2.24, 2.45) is 7.05 Å². The zero-order valence-corrected chi connectivity index (χ0v) is 12.0. The number of rotatable bonds is 4. The van der Waals surface area contributed by atoms with Crippen LogP contribution in [0.25, 0.3) is 0 Å². The number of hydrogen-bond donors (Lipinski definition) is 0. The van der Waals surface area contributed by atoms with Crippen LogP contribution in [-0.2, 0) is 20.0 Å². The van der Waals surface area contributed by atoms with E-state index in [4.69, 9.17) is 0 Å². The molecule has 0 spiro atoms. The number of benzene rings is 1. The molecule has 6 heteroatoms. The van der Waals surface area contributed by atoms with Gasteiger partial charge in [0.1, 0.15) is 0 Å². The molecular formula is C12H15BrN4O. The highest BCUT2D eigenvalue weighted by molar-refractivity contribution is 5.95. The largest absolute Gasteiger partial charge is 1.00 e. The van der Waals surface area contributed by atoms with E-state index in [1.807, 2.05) is 32.2 Å². The summed E-state index contributed by atoms with van der Waals surface area (Å²) in [5.74, 6) is 0.884. The second-order valence-corrected chi connectivity index (χ2v) is 3.80. The molecule has 0 N–H and O–H groups in total. The number of halogens is 1. The van der Waals surface area contributed by atoms with E-state index >= 15 is 0 Å². The van der Waals surface area contributed by atoms with Crippen molar-refractivity contribution in [3.05, 3.63) is 41.7 Å². The standard InChI is InChI=1S/C12H15N4O.BrH/c1-3-12-13-16(14-15(12)2)9-11(17)10-7-5-4-6-8-10;/h4-8H,3,9H2,1-2H3;1H/q+1;/p-1. The van der Waals surface area contributed by atoms with Crippen molar-refractivity contribution >= 4 is 5.78 Å². The first-order chi connectivity index (χ1) is 8.20. The molecule has 2 aromatic rings. The fraction of sp³-hybridized carbons (Fsp3) is 0.333. The maximum absolute atomic E-state index is 11.9. The van der Waals surface area contributed by atoms with Crippen LogP contribution in [0, 0.1) is 0 Å². The van der Waals surface area contributed by atoms with E-state index in [9.17, 15) is 4.79 Å². The minimum atomic E-state index is 0. The fourth-order valence-electron chi connectivity index (χ4n) is 1.63. The van der Waals surface area contributed by atoms with Gasteiger partial charge in [0.2, 0.25) is 5.78 Å². The predicted octanol–water partition coefficient (Wildman–Crippen LogP) is -2.45. The maximum atomic E-state index is 11.9. The second-order valence-electron chi connectivity index (χ2n) is 3.80. The Hall–Kier alpha value is -1.56. The van der Waals surface area contributed by atoms with E-state index in [1.54, 1.807) is 16.8 Å². The normalized spacial score (nSPS) is 9.89. The average molecular weight is 311 g/mol. The number of carbonyl (C=O) groups is 1. The van der Waals surface area contributed by atoms with Crippen LogP contribution < -0.4 is 21.7 Å². The molecule has 1 heterocycles. The van der Waals surface area contributed by atoms with Gasteiger partial charge in [-0.3, -0.25) is 4.79 Å². The average Bonchev–Trinajstić information content (AvgIpc) is 2.70. The van der Waals surface area contributed by atoms with Crippen LogP contribution in [0.5, 0.6) is 0 Å². The van der Waals surface area contributed by atoms with Gasteiger partial charge in [-0.2, -0.15) is 0 Å². The molecule has 0 unspecified atom stereocenters. The number of aromatic nitrogens is 4. The van der Waals surface area contributed by atoms with Crippen LogP contribution in [0.3, 0.4) is 0 Å². The maximum Gasteiger partial charge on any atom is 0.297 e. The van der Waals surface area contributed by atoms with Crippen LogP contribution in [-0.4, -0.2) is 20.9 Å². The Balaban J connectivity index is 0.00000162. The number of Topliss-reactive ketones (excluding diaryl/α,β-unsaturated/α-hetero) is 1. The van der Waals surface area contributed by atoms with E-state index < -0.39 is 0 Å². The van der Waals surface area contributed by atoms with Crippen LogP contribution in [0.2, 0.25) is 0 Å². The summed E-state index contributed by atoms with van der Waals surface area (Å²) >= 11 is 0. The number of ketones is 1. The number of carbonyl (C=O) groups excluding carboxylic acids is 1. The Bertz CT molecular complexity index is 524. The highest BCUT2D eigenvalue weighted by Crippen LogP contribution is 2.00. The van der Waals surface area contributed by atoms with Crippen molar-refractivity contribution < 1.29 is 26.5 Å². The van der Waals surface area contributed by atoms with Gasteiger partial charge in [-0.25, -0.2) is 0 Å². The van der Waals surface area contributed by atoms with Gasteiger partial charge < -0.3 is 17.0 Å². The first-order valence-electron chi connectivity index (χ1n) is 5.59. The van der Waals surface area contributed by atoms with E-state index in [1.165, 1.54) is 4.80 Å². The third-order valence-electron chi connectivity index (χ3n) is 2.54. The first-order valence-corrected chi connectivity index (χ1v) is 5.59. The summed E-state index contributed by atoms with van der Waals surface area (Å²) in [6, 6.07) is 9.18. The molecule has 0 radical (unpaired) electrons. The van der Waals surface area contributed by atoms with Gasteiger partial charge in [-0.15, -0.1) is 4.68 Å².